The Hall–Kier alpha value is -1.59. The summed E-state index contributed by atoms with van der Waals surface area (Å²) in [6.07, 6.45) is -0.0264. The van der Waals surface area contributed by atoms with Crippen LogP contribution >= 0.6 is 11.3 Å². The standard InChI is InChI=1S/C13H15NO3S/c1-2-14(16)13(15)17-8-7-11-9-10-5-3-4-6-12(10)18-11/h3-6,9,16H,2,7-8H2,1H3. The quantitative estimate of drug-likeness (QED) is 0.681. The van der Waals surface area contributed by atoms with Gasteiger partial charge in [0.1, 0.15) is 0 Å². The first-order valence-corrected chi connectivity index (χ1v) is 6.63. The second kappa shape index (κ2) is 5.84. The van der Waals surface area contributed by atoms with Crippen molar-refractivity contribution in [3.63, 3.8) is 0 Å². The van der Waals surface area contributed by atoms with Gasteiger partial charge in [-0.1, -0.05) is 18.2 Å². The van der Waals surface area contributed by atoms with Gasteiger partial charge in [-0.25, -0.2) is 4.79 Å². The van der Waals surface area contributed by atoms with Gasteiger partial charge in [0.2, 0.25) is 0 Å². The van der Waals surface area contributed by atoms with Crippen molar-refractivity contribution < 1.29 is 14.7 Å². The van der Waals surface area contributed by atoms with E-state index in [-0.39, 0.29) is 13.2 Å². The van der Waals surface area contributed by atoms with Gasteiger partial charge in [-0.3, -0.25) is 5.21 Å². The zero-order valence-corrected chi connectivity index (χ0v) is 10.9. The van der Waals surface area contributed by atoms with Crippen molar-refractivity contribution in [3.05, 3.63) is 35.2 Å². The fourth-order valence-electron chi connectivity index (χ4n) is 1.60. The largest absolute Gasteiger partial charge is 0.448 e. The topological polar surface area (TPSA) is 49.8 Å². The van der Waals surface area contributed by atoms with Gasteiger partial charge in [0.05, 0.1) is 6.61 Å². The summed E-state index contributed by atoms with van der Waals surface area (Å²) in [4.78, 5) is 12.4. The molecule has 0 aliphatic rings. The summed E-state index contributed by atoms with van der Waals surface area (Å²) in [5.74, 6) is 0. The second-order valence-corrected chi connectivity index (χ2v) is 5.00. The number of hydrogen-bond donors (Lipinski definition) is 1. The number of ether oxygens (including phenoxy) is 1. The predicted octanol–water partition coefficient (Wildman–Crippen LogP) is 3.29. The van der Waals surface area contributed by atoms with Crippen LogP contribution in [0.25, 0.3) is 10.1 Å². The van der Waals surface area contributed by atoms with Crippen LogP contribution in [0.5, 0.6) is 0 Å². The van der Waals surface area contributed by atoms with E-state index in [9.17, 15) is 4.79 Å². The molecular weight excluding hydrogens is 250 g/mol. The molecule has 18 heavy (non-hydrogen) atoms. The Morgan fingerprint density at radius 1 is 1.44 bits per heavy atom. The lowest BCUT2D eigenvalue weighted by molar-refractivity contribution is -0.0698. The molecule has 1 amide bonds. The Kier molecular flexibility index (Phi) is 4.17. The van der Waals surface area contributed by atoms with E-state index < -0.39 is 6.09 Å². The second-order valence-electron chi connectivity index (χ2n) is 3.83. The molecule has 0 fully saturated rings. The van der Waals surface area contributed by atoms with E-state index in [0.29, 0.717) is 11.5 Å². The first-order chi connectivity index (χ1) is 8.70. The Bertz CT molecular complexity index is 505. The number of nitrogens with zero attached hydrogens (tertiary/aromatic N) is 1. The molecule has 1 heterocycles. The minimum atomic E-state index is -0.696. The minimum Gasteiger partial charge on any atom is -0.448 e. The van der Waals surface area contributed by atoms with E-state index in [4.69, 9.17) is 9.94 Å². The zero-order chi connectivity index (χ0) is 13.0. The summed E-state index contributed by atoms with van der Waals surface area (Å²) in [6, 6.07) is 10.2. The van der Waals surface area contributed by atoms with E-state index in [1.54, 1.807) is 18.3 Å². The van der Waals surface area contributed by atoms with Crippen molar-refractivity contribution in [1.29, 1.82) is 0 Å². The van der Waals surface area contributed by atoms with Crippen LogP contribution < -0.4 is 0 Å². The number of hydrogen-bond acceptors (Lipinski definition) is 4. The highest BCUT2D eigenvalue weighted by atomic mass is 32.1. The lowest BCUT2D eigenvalue weighted by Crippen LogP contribution is -2.28. The molecule has 0 aliphatic heterocycles. The normalized spacial score (nSPS) is 10.6. The predicted molar refractivity (Wildman–Crippen MR) is 71.0 cm³/mol. The molecule has 0 saturated carbocycles. The average molecular weight is 265 g/mol. The molecule has 1 N–H and O–H groups in total. The van der Waals surface area contributed by atoms with Crippen LogP contribution in [0, 0.1) is 0 Å². The Labute approximate surface area is 109 Å². The third-order valence-electron chi connectivity index (χ3n) is 2.56. The summed E-state index contributed by atoms with van der Waals surface area (Å²) < 4.78 is 6.17. The maximum Gasteiger partial charge on any atom is 0.433 e. The SMILES string of the molecule is CCN(O)C(=O)OCCc1cc2ccccc2s1. The maximum atomic E-state index is 11.2. The Balaban J connectivity index is 1.89. The van der Waals surface area contributed by atoms with Crippen molar-refractivity contribution in [2.75, 3.05) is 13.2 Å². The molecule has 2 aromatic rings. The summed E-state index contributed by atoms with van der Waals surface area (Å²) in [7, 11) is 0. The zero-order valence-electron chi connectivity index (χ0n) is 10.1. The number of rotatable bonds is 4. The molecule has 1 aromatic carbocycles. The molecule has 0 atom stereocenters. The first-order valence-electron chi connectivity index (χ1n) is 5.81. The molecule has 0 bridgehead atoms. The monoisotopic (exact) mass is 265 g/mol. The molecule has 0 saturated heterocycles. The summed E-state index contributed by atoms with van der Waals surface area (Å²) >= 11 is 1.70. The van der Waals surface area contributed by atoms with Crippen molar-refractivity contribution in [2.45, 2.75) is 13.3 Å². The summed E-state index contributed by atoms with van der Waals surface area (Å²) in [5.41, 5.74) is 0. The van der Waals surface area contributed by atoms with Gasteiger partial charge in [-0.2, -0.15) is 5.06 Å². The molecular formula is C13H15NO3S. The van der Waals surface area contributed by atoms with Crippen molar-refractivity contribution in [1.82, 2.24) is 5.06 Å². The number of thiophene rings is 1. The van der Waals surface area contributed by atoms with Crippen molar-refractivity contribution in [3.8, 4) is 0 Å². The molecule has 5 heteroatoms. The molecule has 0 spiro atoms. The number of benzene rings is 1. The van der Waals surface area contributed by atoms with Gasteiger partial charge in [0, 0.05) is 22.5 Å². The third-order valence-corrected chi connectivity index (χ3v) is 3.74. The van der Waals surface area contributed by atoms with Crippen molar-refractivity contribution in [2.24, 2.45) is 0 Å². The number of carbonyl (C=O) groups is 1. The Morgan fingerprint density at radius 3 is 2.94 bits per heavy atom. The van der Waals surface area contributed by atoms with E-state index in [1.165, 1.54) is 15.0 Å². The molecule has 0 radical (unpaired) electrons. The maximum absolute atomic E-state index is 11.2. The van der Waals surface area contributed by atoms with E-state index in [2.05, 4.69) is 18.2 Å². The lowest BCUT2D eigenvalue weighted by atomic mass is 10.2. The number of amides is 1. The van der Waals surface area contributed by atoms with Gasteiger partial charge in [0.15, 0.2) is 0 Å². The fraction of sp³-hybridized carbons (Fsp3) is 0.308. The van der Waals surface area contributed by atoms with Crippen LogP contribution in [-0.4, -0.2) is 29.5 Å². The molecule has 96 valence electrons. The highest BCUT2D eigenvalue weighted by Gasteiger charge is 2.09. The van der Waals surface area contributed by atoms with Gasteiger partial charge in [-0.15, -0.1) is 11.3 Å². The summed E-state index contributed by atoms with van der Waals surface area (Å²) in [5, 5.41) is 10.9. The molecule has 0 aliphatic carbocycles. The highest BCUT2D eigenvalue weighted by Crippen LogP contribution is 2.25. The average Bonchev–Trinajstić information content (AvgIpc) is 2.80. The van der Waals surface area contributed by atoms with Crippen LogP contribution in [0.15, 0.2) is 30.3 Å². The van der Waals surface area contributed by atoms with Gasteiger partial charge < -0.3 is 4.74 Å². The highest BCUT2D eigenvalue weighted by molar-refractivity contribution is 7.19. The first kappa shape index (κ1) is 12.9. The van der Waals surface area contributed by atoms with Gasteiger partial charge >= 0.3 is 6.09 Å². The summed E-state index contributed by atoms with van der Waals surface area (Å²) in [6.45, 7) is 2.18. The van der Waals surface area contributed by atoms with E-state index >= 15 is 0 Å². The van der Waals surface area contributed by atoms with Crippen LogP contribution in [0.1, 0.15) is 11.8 Å². The number of hydroxylamine groups is 2. The van der Waals surface area contributed by atoms with E-state index in [1.807, 2.05) is 12.1 Å². The number of carbonyl (C=O) groups excluding carboxylic acids is 1. The molecule has 4 nitrogen and oxygen atoms in total. The molecule has 1 aromatic heterocycles. The Morgan fingerprint density at radius 2 is 2.22 bits per heavy atom. The van der Waals surface area contributed by atoms with Crippen LogP contribution in [-0.2, 0) is 11.2 Å². The van der Waals surface area contributed by atoms with Gasteiger partial charge in [-0.05, 0) is 24.4 Å². The smallest absolute Gasteiger partial charge is 0.433 e. The van der Waals surface area contributed by atoms with Crippen LogP contribution in [0.4, 0.5) is 4.79 Å². The molecule has 2 rings (SSSR count). The third kappa shape index (κ3) is 3.00. The number of fused-ring (bicyclic) bond motifs is 1. The van der Waals surface area contributed by atoms with Crippen LogP contribution in [0.3, 0.4) is 0 Å². The van der Waals surface area contributed by atoms with Crippen molar-refractivity contribution >= 4 is 27.5 Å². The minimum absolute atomic E-state index is 0.224. The lowest BCUT2D eigenvalue weighted by Gasteiger charge is -2.11. The van der Waals surface area contributed by atoms with Crippen LogP contribution in [0.2, 0.25) is 0 Å². The van der Waals surface area contributed by atoms with Gasteiger partial charge in [0.25, 0.3) is 0 Å². The molecule has 0 unspecified atom stereocenters. The fourth-order valence-corrected chi connectivity index (χ4v) is 2.65. The van der Waals surface area contributed by atoms with E-state index in [0.717, 1.165) is 0 Å².